The van der Waals surface area contributed by atoms with Crippen molar-refractivity contribution in [2.45, 2.75) is 31.5 Å². The van der Waals surface area contributed by atoms with E-state index in [9.17, 15) is 0 Å². The summed E-state index contributed by atoms with van der Waals surface area (Å²) < 4.78 is 27.3. The summed E-state index contributed by atoms with van der Waals surface area (Å²) in [5, 5.41) is 0.778. The van der Waals surface area contributed by atoms with Gasteiger partial charge in [0.15, 0.2) is 0 Å². The molecule has 0 bridgehead atoms. The molecule has 0 aliphatic rings. The maximum atomic E-state index is 5.95. The van der Waals surface area contributed by atoms with Crippen molar-refractivity contribution in [2.75, 3.05) is 60.0 Å². The van der Waals surface area contributed by atoms with Gasteiger partial charge in [-0.1, -0.05) is 67.0 Å². The van der Waals surface area contributed by atoms with E-state index in [4.69, 9.17) is 23.7 Å². The van der Waals surface area contributed by atoms with E-state index in [1.165, 1.54) is 16.7 Å². The van der Waals surface area contributed by atoms with E-state index >= 15 is 0 Å². The third-order valence-electron chi connectivity index (χ3n) is 4.88. The molecule has 2 rings (SSSR count). The van der Waals surface area contributed by atoms with Crippen molar-refractivity contribution in [1.29, 1.82) is 0 Å². The van der Waals surface area contributed by atoms with Crippen molar-refractivity contribution >= 4 is 15.9 Å². The van der Waals surface area contributed by atoms with Crippen LogP contribution in [0.4, 0.5) is 0 Å². The summed E-state index contributed by atoms with van der Waals surface area (Å²) in [7, 11) is 1.66. The largest absolute Gasteiger partial charge is 0.491 e. The molecule has 2 aromatic carbocycles. The molecular weight excluding hydrogens is 472 g/mol. The first-order chi connectivity index (χ1) is 15.4. The van der Waals surface area contributed by atoms with Crippen LogP contribution >= 0.6 is 15.9 Å². The first-order valence-electron chi connectivity index (χ1n) is 11.1. The smallest absolute Gasteiger partial charge is 0.120 e. The number of methoxy groups -OCH3 is 1. The maximum Gasteiger partial charge on any atom is 0.120 e. The van der Waals surface area contributed by atoms with Crippen LogP contribution in [0.3, 0.4) is 0 Å². The molecule has 0 atom stereocenters. The Balaban J connectivity index is 1.75. The van der Waals surface area contributed by atoms with Crippen LogP contribution in [0.15, 0.2) is 42.5 Å². The number of rotatable bonds is 15. The molecule has 0 aromatic heterocycles. The maximum absolute atomic E-state index is 5.95. The molecular formula is C26H37BrO5. The molecule has 2 aromatic rings. The van der Waals surface area contributed by atoms with Crippen molar-refractivity contribution in [3.05, 3.63) is 53.6 Å². The molecule has 32 heavy (non-hydrogen) atoms. The average Bonchev–Trinajstić information content (AvgIpc) is 2.79. The highest BCUT2D eigenvalue weighted by molar-refractivity contribution is 9.08. The summed E-state index contributed by atoms with van der Waals surface area (Å²) in [6.45, 7) is 11.1. The third-order valence-corrected chi connectivity index (χ3v) is 5.52. The molecule has 6 heteroatoms. The normalized spacial score (nSPS) is 11.7. The monoisotopic (exact) mass is 508 g/mol. The molecule has 0 N–H and O–H groups in total. The standard InChI is InChI=1S/C26H37BrO5/c1-26(2,3)24-7-5-22(6-8-24)23-17-21(20-27)18-25(19-23)32-16-15-31-14-13-30-12-11-29-10-9-28-4/h5-8,17-19H,9-16,20H2,1-4H3. The SMILES string of the molecule is COCCOCCOCCOCCOc1cc(CBr)cc(-c2ccc(C(C)(C)C)cc2)c1. The summed E-state index contributed by atoms with van der Waals surface area (Å²) in [6, 6.07) is 15.1. The molecule has 178 valence electrons. The first-order valence-corrected chi connectivity index (χ1v) is 12.2. The Labute approximate surface area is 201 Å². The zero-order valence-corrected chi connectivity index (χ0v) is 21.4. The van der Waals surface area contributed by atoms with Gasteiger partial charge in [-0.2, -0.15) is 0 Å². The minimum Gasteiger partial charge on any atom is -0.491 e. The van der Waals surface area contributed by atoms with Gasteiger partial charge >= 0.3 is 0 Å². The zero-order chi connectivity index (χ0) is 23.2. The third kappa shape index (κ3) is 10.0. The molecule has 0 spiro atoms. The molecule has 0 saturated heterocycles. The van der Waals surface area contributed by atoms with E-state index in [2.05, 4.69) is 79.2 Å². The lowest BCUT2D eigenvalue weighted by molar-refractivity contribution is 0.000164. The molecule has 0 fully saturated rings. The Morgan fingerprint density at radius 2 is 1.25 bits per heavy atom. The van der Waals surface area contributed by atoms with Gasteiger partial charge in [-0.25, -0.2) is 0 Å². The van der Waals surface area contributed by atoms with Gasteiger partial charge in [0.1, 0.15) is 12.4 Å². The lowest BCUT2D eigenvalue weighted by atomic mass is 9.86. The van der Waals surface area contributed by atoms with Crippen molar-refractivity contribution in [3.8, 4) is 16.9 Å². The van der Waals surface area contributed by atoms with Crippen LogP contribution in [0.2, 0.25) is 0 Å². The Bertz CT molecular complexity index is 771. The van der Waals surface area contributed by atoms with E-state index in [0.29, 0.717) is 52.9 Å². The fourth-order valence-electron chi connectivity index (χ4n) is 3.05. The fourth-order valence-corrected chi connectivity index (χ4v) is 3.38. The number of hydrogen-bond acceptors (Lipinski definition) is 5. The van der Waals surface area contributed by atoms with Gasteiger partial charge in [0.25, 0.3) is 0 Å². The summed E-state index contributed by atoms with van der Waals surface area (Å²) in [5.41, 5.74) is 4.99. The van der Waals surface area contributed by atoms with Crippen LogP contribution in [-0.2, 0) is 29.7 Å². The number of ether oxygens (including phenoxy) is 5. The average molecular weight is 509 g/mol. The Hall–Kier alpha value is -1.44. The van der Waals surface area contributed by atoms with Gasteiger partial charge in [-0.05, 0) is 39.8 Å². The van der Waals surface area contributed by atoms with E-state index in [1.54, 1.807) is 7.11 Å². The van der Waals surface area contributed by atoms with Gasteiger partial charge in [-0.15, -0.1) is 0 Å². The van der Waals surface area contributed by atoms with Crippen molar-refractivity contribution in [1.82, 2.24) is 0 Å². The van der Waals surface area contributed by atoms with Crippen molar-refractivity contribution < 1.29 is 23.7 Å². The van der Waals surface area contributed by atoms with Gasteiger partial charge in [0, 0.05) is 12.4 Å². The lowest BCUT2D eigenvalue weighted by Crippen LogP contribution is -2.13. The van der Waals surface area contributed by atoms with Crippen LogP contribution in [-0.4, -0.2) is 60.0 Å². The minimum atomic E-state index is 0.146. The minimum absolute atomic E-state index is 0.146. The van der Waals surface area contributed by atoms with Crippen LogP contribution in [0.5, 0.6) is 5.75 Å². The van der Waals surface area contributed by atoms with Crippen LogP contribution in [0.25, 0.3) is 11.1 Å². The predicted molar refractivity (Wildman–Crippen MR) is 133 cm³/mol. The molecule has 0 unspecified atom stereocenters. The Morgan fingerprint density at radius 3 is 1.78 bits per heavy atom. The highest BCUT2D eigenvalue weighted by Gasteiger charge is 2.13. The Kier molecular flexibility index (Phi) is 12.3. The molecule has 0 aliphatic heterocycles. The number of benzene rings is 2. The zero-order valence-electron chi connectivity index (χ0n) is 19.8. The fraction of sp³-hybridized carbons (Fsp3) is 0.538. The summed E-state index contributed by atoms with van der Waals surface area (Å²) in [5.74, 6) is 0.852. The second-order valence-electron chi connectivity index (χ2n) is 8.50. The van der Waals surface area contributed by atoms with Crippen molar-refractivity contribution in [3.63, 3.8) is 0 Å². The number of alkyl halides is 1. The highest BCUT2D eigenvalue weighted by atomic mass is 79.9. The predicted octanol–water partition coefficient (Wildman–Crippen LogP) is 5.62. The van der Waals surface area contributed by atoms with Gasteiger partial charge < -0.3 is 23.7 Å². The molecule has 5 nitrogen and oxygen atoms in total. The first kappa shape index (κ1) is 26.8. The second-order valence-corrected chi connectivity index (χ2v) is 9.07. The molecule has 0 saturated carbocycles. The van der Waals surface area contributed by atoms with Gasteiger partial charge in [0.2, 0.25) is 0 Å². The van der Waals surface area contributed by atoms with Crippen LogP contribution in [0.1, 0.15) is 31.9 Å². The molecule has 0 heterocycles. The van der Waals surface area contributed by atoms with Crippen LogP contribution in [0, 0.1) is 0 Å². The van der Waals surface area contributed by atoms with E-state index in [0.717, 1.165) is 16.6 Å². The quantitative estimate of drug-likeness (QED) is 0.230. The topological polar surface area (TPSA) is 46.2 Å². The van der Waals surface area contributed by atoms with E-state index < -0.39 is 0 Å². The van der Waals surface area contributed by atoms with E-state index in [-0.39, 0.29) is 5.41 Å². The summed E-state index contributed by atoms with van der Waals surface area (Å²) in [6.07, 6.45) is 0. The van der Waals surface area contributed by atoms with Crippen molar-refractivity contribution in [2.24, 2.45) is 0 Å². The summed E-state index contributed by atoms with van der Waals surface area (Å²) in [4.78, 5) is 0. The molecule has 0 radical (unpaired) electrons. The highest BCUT2D eigenvalue weighted by Crippen LogP contribution is 2.30. The van der Waals surface area contributed by atoms with Gasteiger partial charge in [-0.3, -0.25) is 0 Å². The van der Waals surface area contributed by atoms with Gasteiger partial charge in [0.05, 0.1) is 46.2 Å². The number of halogens is 1. The number of hydrogen-bond donors (Lipinski definition) is 0. The second kappa shape index (κ2) is 14.7. The van der Waals surface area contributed by atoms with E-state index in [1.807, 2.05) is 0 Å². The molecule has 0 aliphatic carbocycles. The Morgan fingerprint density at radius 1 is 0.688 bits per heavy atom. The molecule has 0 amide bonds. The lowest BCUT2D eigenvalue weighted by Gasteiger charge is -2.19. The summed E-state index contributed by atoms with van der Waals surface area (Å²) >= 11 is 3.57. The van der Waals surface area contributed by atoms with Crippen LogP contribution < -0.4 is 4.74 Å².